The Bertz CT molecular complexity index is 903. The first kappa shape index (κ1) is 24.5. The first-order valence-electron chi connectivity index (χ1n) is 10.3. The zero-order valence-electron chi connectivity index (χ0n) is 18.0. The van der Waals surface area contributed by atoms with Crippen LogP contribution in [0.3, 0.4) is 0 Å². The summed E-state index contributed by atoms with van der Waals surface area (Å²) in [5.41, 5.74) is 0.773. The van der Waals surface area contributed by atoms with Gasteiger partial charge < -0.3 is 14.8 Å². The smallest absolute Gasteiger partial charge is 0.409 e. The number of hydrogen-bond acceptors (Lipinski definition) is 6. The van der Waals surface area contributed by atoms with Crippen LogP contribution in [0, 0.1) is 17.8 Å². The van der Waals surface area contributed by atoms with Crippen molar-refractivity contribution in [2.45, 2.75) is 56.1 Å². The van der Waals surface area contributed by atoms with Gasteiger partial charge in [0.2, 0.25) is 3.79 Å². The second-order valence-electron chi connectivity index (χ2n) is 8.39. The molecule has 0 bridgehead atoms. The molecule has 1 aromatic carbocycles. The van der Waals surface area contributed by atoms with Crippen LogP contribution < -0.4 is 15.4 Å². The average molecular weight is 509 g/mol. The molecule has 1 fully saturated rings. The minimum atomic E-state index is -1.81. The van der Waals surface area contributed by atoms with Gasteiger partial charge in [-0.3, -0.25) is 5.32 Å². The van der Waals surface area contributed by atoms with Crippen LogP contribution in [-0.2, 0) is 4.74 Å². The summed E-state index contributed by atoms with van der Waals surface area (Å²) in [4.78, 5) is 17.2. The molecule has 1 saturated carbocycles. The van der Waals surface area contributed by atoms with Crippen LogP contribution in [0.15, 0.2) is 18.2 Å². The molecule has 0 spiro atoms. The Morgan fingerprint density at radius 2 is 2.03 bits per heavy atom. The highest BCUT2D eigenvalue weighted by atomic mass is 35.6. The number of aromatic nitrogens is 1. The standard InChI is InChI=1S/C21H28Cl3N3O3S/c1-11(2)14-7-5-12(3)9-16(14)30-20(28)27-18(21(22,23)24)26-19-25-15-8-6-13(29-4)10-17(15)31-19/h6,8,10-12,14,16,18H,5,7,9H2,1-4H3,(H,25,26)(H,27,28). The molecule has 2 N–H and O–H groups in total. The summed E-state index contributed by atoms with van der Waals surface area (Å²) >= 11 is 19.8. The molecule has 10 heteroatoms. The third-order valence-electron chi connectivity index (χ3n) is 5.67. The molecule has 1 heterocycles. The number of halogens is 3. The molecule has 1 amide bonds. The van der Waals surface area contributed by atoms with E-state index in [0.29, 0.717) is 22.9 Å². The third kappa shape index (κ3) is 6.44. The minimum Gasteiger partial charge on any atom is -0.497 e. The number of benzene rings is 1. The molecule has 172 valence electrons. The molecule has 0 aliphatic heterocycles. The third-order valence-corrected chi connectivity index (χ3v) is 7.28. The summed E-state index contributed by atoms with van der Waals surface area (Å²) in [5, 5.41) is 6.19. The Morgan fingerprint density at radius 3 is 2.68 bits per heavy atom. The topological polar surface area (TPSA) is 72.5 Å². The molecule has 6 nitrogen and oxygen atoms in total. The fourth-order valence-electron chi connectivity index (χ4n) is 3.96. The lowest BCUT2D eigenvalue weighted by molar-refractivity contribution is 0.00534. The van der Waals surface area contributed by atoms with E-state index >= 15 is 0 Å². The maximum Gasteiger partial charge on any atom is 0.409 e. The number of alkyl carbamates (subject to hydrolysis) is 1. The van der Waals surface area contributed by atoms with E-state index in [9.17, 15) is 4.79 Å². The zero-order chi connectivity index (χ0) is 22.8. The number of hydrogen-bond donors (Lipinski definition) is 2. The number of methoxy groups -OCH3 is 1. The van der Waals surface area contributed by atoms with Crippen LogP contribution in [0.2, 0.25) is 0 Å². The van der Waals surface area contributed by atoms with Gasteiger partial charge in [-0.05, 0) is 48.8 Å². The number of anilines is 1. The van der Waals surface area contributed by atoms with Gasteiger partial charge in [-0.25, -0.2) is 9.78 Å². The number of alkyl halides is 3. The van der Waals surface area contributed by atoms with Crippen LogP contribution in [0.1, 0.15) is 40.0 Å². The van der Waals surface area contributed by atoms with Crippen LogP contribution in [0.5, 0.6) is 5.75 Å². The highest BCUT2D eigenvalue weighted by Crippen LogP contribution is 2.37. The molecule has 1 aromatic heterocycles. The van der Waals surface area contributed by atoms with Gasteiger partial charge in [-0.15, -0.1) is 0 Å². The molecule has 31 heavy (non-hydrogen) atoms. The number of fused-ring (bicyclic) bond motifs is 1. The van der Waals surface area contributed by atoms with Crippen LogP contribution in [0.25, 0.3) is 10.2 Å². The molecular weight excluding hydrogens is 481 g/mol. The summed E-state index contributed by atoms with van der Waals surface area (Å²) < 4.78 is 10.1. The predicted molar refractivity (Wildman–Crippen MR) is 129 cm³/mol. The second kappa shape index (κ2) is 10.2. The van der Waals surface area contributed by atoms with Gasteiger partial charge in [0.05, 0.1) is 17.3 Å². The molecule has 4 unspecified atom stereocenters. The van der Waals surface area contributed by atoms with Gasteiger partial charge in [0.1, 0.15) is 11.9 Å². The highest BCUT2D eigenvalue weighted by Gasteiger charge is 2.38. The molecule has 1 aliphatic carbocycles. The molecule has 2 aromatic rings. The Labute approximate surface area is 201 Å². The summed E-state index contributed by atoms with van der Waals surface area (Å²) in [6.07, 6.45) is 1.22. The molecule has 1 aliphatic rings. The lowest BCUT2D eigenvalue weighted by atomic mass is 9.75. The van der Waals surface area contributed by atoms with Crippen LogP contribution in [-0.4, -0.2) is 34.2 Å². The largest absolute Gasteiger partial charge is 0.497 e. The molecule has 0 radical (unpaired) electrons. The lowest BCUT2D eigenvalue weighted by Gasteiger charge is -2.37. The second-order valence-corrected chi connectivity index (χ2v) is 11.8. The van der Waals surface area contributed by atoms with E-state index in [1.54, 1.807) is 7.11 Å². The van der Waals surface area contributed by atoms with Gasteiger partial charge in [-0.1, -0.05) is 73.3 Å². The Balaban J connectivity index is 1.70. The number of nitrogens with zero attached hydrogens (tertiary/aromatic N) is 1. The van der Waals surface area contributed by atoms with E-state index in [1.807, 2.05) is 18.2 Å². The van der Waals surface area contributed by atoms with E-state index in [2.05, 4.69) is 36.4 Å². The number of rotatable bonds is 6. The summed E-state index contributed by atoms with van der Waals surface area (Å²) in [6, 6.07) is 5.54. The van der Waals surface area contributed by atoms with E-state index < -0.39 is 16.1 Å². The van der Waals surface area contributed by atoms with Gasteiger partial charge in [-0.2, -0.15) is 0 Å². The Morgan fingerprint density at radius 1 is 1.29 bits per heavy atom. The van der Waals surface area contributed by atoms with E-state index in [0.717, 1.165) is 35.2 Å². The quantitative estimate of drug-likeness (QED) is 0.340. The summed E-state index contributed by atoms with van der Waals surface area (Å²) in [6.45, 7) is 6.49. The van der Waals surface area contributed by atoms with Gasteiger partial charge >= 0.3 is 6.09 Å². The van der Waals surface area contributed by atoms with Crippen molar-refractivity contribution >= 4 is 67.6 Å². The van der Waals surface area contributed by atoms with E-state index in [-0.39, 0.29) is 6.10 Å². The van der Waals surface area contributed by atoms with Gasteiger partial charge in [0.25, 0.3) is 0 Å². The van der Waals surface area contributed by atoms with Crippen LogP contribution >= 0.6 is 46.1 Å². The van der Waals surface area contributed by atoms with Crippen molar-refractivity contribution in [3.8, 4) is 5.75 Å². The van der Waals surface area contributed by atoms with Crippen molar-refractivity contribution < 1.29 is 14.3 Å². The lowest BCUT2D eigenvalue weighted by Crippen LogP contribution is -2.50. The van der Waals surface area contributed by atoms with Crippen molar-refractivity contribution in [1.29, 1.82) is 0 Å². The normalized spacial score (nSPS) is 22.9. The zero-order valence-corrected chi connectivity index (χ0v) is 21.0. The number of carbonyl (C=O) groups is 1. The maximum atomic E-state index is 12.7. The number of nitrogens with one attached hydrogen (secondary N) is 2. The van der Waals surface area contributed by atoms with Crippen molar-refractivity contribution in [2.24, 2.45) is 17.8 Å². The SMILES string of the molecule is COc1ccc2nc(NC(NC(=O)OC3CC(C)CCC3C(C)C)C(Cl)(Cl)Cl)sc2c1. The van der Waals surface area contributed by atoms with Crippen molar-refractivity contribution in [3.63, 3.8) is 0 Å². The molecule has 4 atom stereocenters. The van der Waals surface area contributed by atoms with E-state index in [4.69, 9.17) is 44.3 Å². The van der Waals surface area contributed by atoms with Crippen molar-refractivity contribution in [1.82, 2.24) is 10.3 Å². The summed E-state index contributed by atoms with van der Waals surface area (Å²) in [5.74, 6) is 1.98. The maximum absolute atomic E-state index is 12.7. The number of amides is 1. The minimum absolute atomic E-state index is 0.158. The van der Waals surface area contributed by atoms with Gasteiger partial charge in [0.15, 0.2) is 11.3 Å². The predicted octanol–water partition coefficient (Wildman–Crippen LogP) is 6.60. The number of thiazole rings is 1. The number of carbonyl (C=O) groups excluding carboxylic acids is 1. The fourth-order valence-corrected chi connectivity index (χ4v) is 5.21. The molecule has 0 saturated heterocycles. The Kier molecular flexibility index (Phi) is 8.05. The monoisotopic (exact) mass is 507 g/mol. The van der Waals surface area contributed by atoms with Gasteiger partial charge in [0, 0.05) is 0 Å². The first-order chi connectivity index (χ1) is 14.6. The van der Waals surface area contributed by atoms with E-state index in [1.165, 1.54) is 11.3 Å². The van der Waals surface area contributed by atoms with Crippen LogP contribution in [0.4, 0.5) is 9.93 Å². The number of ether oxygens (including phenoxy) is 2. The summed E-state index contributed by atoms with van der Waals surface area (Å²) in [7, 11) is 1.60. The average Bonchev–Trinajstić information content (AvgIpc) is 3.08. The van der Waals surface area contributed by atoms with Crippen molar-refractivity contribution in [2.75, 3.05) is 12.4 Å². The Hall–Kier alpha value is -1.15. The van der Waals surface area contributed by atoms with Crippen molar-refractivity contribution in [3.05, 3.63) is 18.2 Å². The molecular formula is C21H28Cl3N3O3S. The fraction of sp³-hybridized carbons (Fsp3) is 0.619. The highest BCUT2D eigenvalue weighted by molar-refractivity contribution is 7.22. The molecule has 3 rings (SSSR count). The first-order valence-corrected chi connectivity index (χ1v) is 12.3.